The molecule has 0 spiro atoms. The van der Waals surface area contributed by atoms with Crippen molar-refractivity contribution in [1.29, 1.82) is 0 Å². The fourth-order valence-electron chi connectivity index (χ4n) is 3.29. The van der Waals surface area contributed by atoms with E-state index in [4.69, 9.17) is 11.6 Å². The SMILES string of the molecule is Cc1ccc(NC(=O)NCc2cc(C)n(-c3ccc(Cl)cc3)c2C)c(C)c1. The van der Waals surface area contributed by atoms with Crippen LogP contribution in [0.3, 0.4) is 0 Å². The average molecular weight is 382 g/mol. The highest BCUT2D eigenvalue weighted by molar-refractivity contribution is 6.30. The van der Waals surface area contributed by atoms with Crippen LogP contribution >= 0.6 is 11.6 Å². The number of hydrogen-bond acceptors (Lipinski definition) is 1. The van der Waals surface area contributed by atoms with Crippen LogP contribution in [0.4, 0.5) is 10.5 Å². The van der Waals surface area contributed by atoms with Gasteiger partial charge >= 0.3 is 6.03 Å². The Bertz CT molecular complexity index is 974. The van der Waals surface area contributed by atoms with Crippen LogP contribution in [0, 0.1) is 27.7 Å². The number of carbonyl (C=O) groups excluding carboxylic acids is 1. The number of hydrogen-bond donors (Lipinski definition) is 2. The highest BCUT2D eigenvalue weighted by atomic mass is 35.5. The Labute approximate surface area is 165 Å². The predicted molar refractivity (Wildman–Crippen MR) is 112 cm³/mol. The zero-order chi connectivity index (χ0) is 19.6. The largest absolute Gasteiger partial charge is 0.334 e. The van der Waals surface area contributed by atoms with E-state index in [-0.39, 0.29) is 6.03 Å². The zero-order valence-electron chi connectivity index (χ0n) is 16.1. The lowest BCUT2D eigenvalue weighted by Gasteiger charge is -2.12. The van der Waals surface area contributed by atoms with E-state index in [9.17, 15) is 4.79 Å². The molecular weight excluding hydrogens is 358 g/mol. The van der Waals surface area contributed by atoms with Gasteiger partial charge in [-0.15, -0.1) is 0 Å². The normalized spacial score (nSPS) is 10.7. The highest BCUT2D eigenvalue weighted by Crippen LogP contribution is 2.22. The van der Waals surface area contributed by atoms with Crippen molar-refractivity contribution >= 4 is 23.3 Å². The summed E-state index contributed by atoms with van der Waals surface area (Å²) in [6.07, 6.45) is 0. The lowest BCUT2D eigenvalue weighted by molar-refractivity contribution is 0.251. The summed E-state index contributed by atoms with van der Waals surface area (Å²) < 4.78 is 2.16. The molecule has 2 aromatic carbocycles. The molecule has 0 unspecified atom stereocenters. The van der Waals surface area contributed by atoms with Gasteiger partial charge in [-0.25, -0.2) is 4.79 Å². The first-order valence-electron chi connectivity index (χ1n) is 8.91. The second-order valence-electron chi connectivity index (χ2n) is 6.83. The summed E-state index contributed by atoms with van der Waals surface area (Å²) in [6, 6.07) is 15.6. The van der Waals surface area contributed by atoms with E-state index >= 15 is 0 Å². The first-order chi connectivity index (χ1) is 12.8. The molecule has 0 radical (unpaired) electrons. The molecule has 0 aliphatic heterocycles. The number of rotatable bonds is 4. The summed E-state index contributed by atoms with van der Waals surface area (Å²) in [4.78, 5) is 12.3. The summed E-state index contributed by atoms with van der Waals surface area (Å²) in [5, 5.41) is 6.58. The van der Waals surface area contributed by atoms with Crippen molar-refractivity contribution in [3.05, 3.63) is 81.6 Å². The number of aryl methyl sites for hydroxylation is 3. The molecule has 27 heavy (non-hydrogen) atoms. The quantitative estimate of drug-likeness (QED) is 0.599. The fraction of sp³-hybridized carbons (Fsp3) is 0.227. The average Bonchev–Trinajstić information content (AvgIpc) is 2.90. The number of halogens is 1. The van der Waals surface area contributed by atoms with Crippen LogP contribution in [0.25, 0.3) is 5.69 Å². The number of nitrogens with one attached hydrogen (secondary N) is 2. The van der Waals surface area contributed by atoms with E-state index in [1.54, 1.807) is 0 Å². The Morgan fingerprint density at radius 2 is 1.70 bits per heavy atom. The van der Waals surface area contributed by atoms with Crippen molar-refractivity contribution in [2.24, 2.45) is 0 Å². The van der Waals surface area contributed by atoms with Gasteiger partial charge in [0.05, 0.1) is 0 Å². The Kier molecular flexibility index (Phi) is 5.57. The van der Waals surface area contributed by atoms with E-state index in [1.165, 1.54) is 5.56 Å². The van der Waals surface area contributed by atoms with Crippen molar-refractivity contribution in [2.75, 3.05) is 5.32 Å². The Morgan fingerprint density at radius 3 is 2.37 bits per heavy atom. The third-order valence-electron chi connectivity index (χ3n) is 4.69. The molecule has 3 rings (SSSR count). The van der Waals surface area contributed by atoms with E-state index < -0.39 is 0 Å². The van der Waals surface area contributed by atoms with Gasteiger partial charge in [-0.05, 0) is 75.2 Å². The first kappa shape index (κ1) is 19.1. The van der Waals surface area contributed by atoms with Gasteiger partial charge in [-0.3, -0.25) is 0 Å². The summed E-state index contributed by atoms with van der Waals surface area (Å²) in [6.45, 7) is 8.60. The van der Waals surface area contributed by atoms with Crippen LogP contribution < -0.4 is 10.6 Å². The molecular formula is C22H24ClN3O. The molecule has 0 saturated heterocycles. The maximum Gasteiger partial charge on any atom is 0.319 e. The van der Waals surface area contributed by atoms with Gasteiger partial charge in [-0.1, -0.05) is 29.3 Å². The third-order valence-corrected chi connectivity index (χ3v) is 4.94. The van der Waals surface area contributed by atoms with Crippen molar-refractivity contribution in [3.8, 4) is 5.69 Å². The molecule has 140 valence electrons. The molecule has 2 N–H and O–H groups in total. The number of carbonyl (C=O) groups is 1. The summed E-state index contributed by atoms with van der Waals surface area (Å²) in [5.74, 6) is 0. The second kappa shape index (κ2) is 7.89. The molecule has 4 nitrogen and oxygen atoms in total. The maximum atomic E-state index is 12.3. The van der Waals surface area contributed by atoms with Gasteiger partial charge in [0.25, 0.3) is 0 Å². The molecule has 5 heteroatoms. The van der Waals surface area contributed by atoms with Crippen molar-refractivity contribution in [3.63, 3.8) is 0 Å². The molecule has 0 aliphatic carbocycles. The monoisotopic (exact) mass is 381 g/mol. The van der Waals surface area contributed by atoms with Crippen LogP contribution in [0.5, 0.6) is 0 Å². The first-order valence-corrected chi connectivity index (χ1v) is 9.29. The minimum Gasteiger partial charge on any atom is -0.334 e. The molecule has 2 amide bonds. The summed E-state index contributed by atoms with van der Waals surface area (Å²) in [5.41, 5.74) is 7.39. The topological polar surface area (TPSA) is 46.1 Å². The van der Waals surface area contributed by atoms with Gasteiger partial charge in [-0.2, -0.15) is 0 Å². The zero-order valence-corrected chi connectivity index (χ0v) is 16.8. The van der Waals surface area contributed by atoms with Gasteiger partial charge < -0.3 is 15.2 Å². The number of anilines is 1. The summed E-state index contributed by atoms with van der Waals surface area (Å²) in [7, 11) is 0. The number of amides is 2. The lowest BCUT2D eigenvalue weighted by atomic mass is 10.1. The molecule has 0 bridgehead atoms. The van der Waals surface area contributed by atoms with Gasteiger partial charge in [0, 0.05) is 34.3 Å². The maximum absolute atomic E-state index is 12.3. The Balaban J connectivity index is 1.70. The van der Waals surface area contributed by atoms with Crippen LogP contribution in [0.2, 0.25) is 5.02 Å². The minimum atomic E-state index is -0.210. The van der Waals surface area contributed by atoms with Crippen molar-refractivity contribution < 1.29 is 4.79 Å². The second-order valence-corrected chi connectivity index (χ2v) is 7.27. The van der Waals surface area contributed by atoms with Crippen molar-refractivity contribution in [1.82, 2.24) is 9.88 Å². The minimum absolute atomic E-state index is 0.210. The Morgan fingerprint density at radius 1 is 1.00 bits per heavy atom. The van der Waals surface area contributed by atoms with Gasteiger partial charge in [0.1, 0.15) is 0 Å². The molecule has 0 aliphatic rings. The standard InChI is InChI=1S/C22H24ClN3O/c1-14-5-10-21(15(2)11-14)25-22(27)24-13-18-12-16(3)26(17(18)4)20-8-6-19(23)7-9-20/h5-12H,13H2,1-4H3,(H2,24,25,27). The van der Waals surface area contributed by atoms with E-state index in [1.807, 2.05) is 50.2 Å². The molecule has 1 aromatic heterocycles. The predicted octanol–water partition coefficient (Wildman–Crippen LogP) is 5.69. The third kappa shape index (κ3) is 4.34. The summed E-state index contributed by atoms with van der Waals surface area (Å²) >= 11 is 5.99. The van der Waals surface area contributed by atoms with E-state index in [0.29, 0.717) is 11.6 Å². The van der Waals surface area contributed by atoms with E-state index in [0.717, 1.165) is 33.9 Å². The van der Waals surface area contributed by atoms with Gasteiger partial charge in [0.15, 0.2) is 0 Å². The smallest absolute Gasteiger partial charge is 0.319 e. The fourth-order valence-corrected chi connectivity index (χ4v) is 3.42. The molecule has 0 fully saturated rings. The number of aromatic nitrogens is 1. The van der Waals surface area contributed by atoms with Crippen molar-refractivity contribution in [2.45, 2.75) is 34.2 Å². The Hall–Kier alpha value is -2.72. The van der Waals surface area contributed by atoms with Gasteiger partial charge in [0.2, 0.25) is 0 Å². The van der Waals surface area contributed by atoms with Crippen LogP contribution in [-0.4, -0.2) is 10.6 Å². The van der Waals surface area contributed by atoms with E-state index in [2.05, 4.69) is 41.2 Å². The molecule has 0 atom stereocenters. The lowest BCUT2D eigenvalue weighted by Crippen LogP contribution is -2.28. The number of nitrogens with zero attached hydrogens (tertiary/aromatic N) is 1. The molecule has 3 aromatic rings. The number of benzene rings is 2. The van der Waals surface area contributed by atoms with Crippen LogP contribution in [0.1, 0.15) is 28.1 Å². The van der Waals surface area contributed by atoms with Crippen LogP contribution in [0.15, 0.2) is 48.5 Å². The number of urea groups is 1. The molecule has 1 heterocycles. The molecule has 0 saturated carbocycles. The van der Waals surface area contributed by atoms with Crippen LogP contribution in [-0.2, 0) is 6.54 Å². The highest BCUT2D eigenvalue weighted by Gasteiger charge is 2.12.